The molecule has 1 atom stereocenters. The molecule has 0 amide bonds. The van der Waals surface area contributed by atoms with E-state index in [0.717, 1.165) is 16.8 Å². The minimum atomic E-state index is -3.66. The normalized spacial score (nSPS) is 12.2. The highest BCUT2D eigenvalue weighted by molar-refractivity contribution is 7.92. The maximum absolute atomic E-state index is 12.8. The Hall–Kier alpha value is -3.39. The van der Waals surface area contributed by atoms with Gasteiger partial charge in [-0.2, -0.15) is 0 Å². The number of carbonyl (C=O) groups is 2. The van der Waals surface area contributed by atoms with E-state index >= 15 is 0 Å². The summed E-state index contributed by atoms with van der Waals surface area (Å²) in [6, 6.07) is 18.1. The molecule has 0 saturated carbocycles. The van der Waals surface area contributed by atoms with Gasteiger partial charge in [0.1, 0.15) is 0 Å². The van der Waals surface area contributed by atoms with Crippen LogP contribution in [0.25, 0.3) is 0 Å². The van der Waals surface area contributed by atoms with E-state index in [2.05, 4.69) is 14.4 Å². The minimum Gasteiger partial charge on any atom is -0.469 e. The summed E-state index contributed by atoms with van der Waals surface area (Å²) in [5, 5.41) is 0. The topological polar surface area (TPSA) is 105 Å². The van der Waals surface area contributed by atoms with Crippen molar-refractivity contribution >= 4 is 27.5 Å². The van der Waals surface area contributed by atoms with Crippen LogP contribution in [0.3, 0.4) is 0 Å². The first-order chi connectivity index (χ1) is 15.2. The summed E-state index contributed by atoms with van der Waals surface area (Å²) in [6.07, 6.45) is -0.211. The molecule has 0 aliphatic carbocycles. The molecule has 7 nitrogen and oxygen atoms in total. The van der Waals surface area contributed by atoms with Gasteiger partial charge in [-0.3, -0.25) is 14.3 Å². The zero-order chi connectivity index (χ0) is 23.3. The zero-order valence-electron chi connectivity index (χ0n) is 18.2. The van der Waals surface area contributed by atoms with Crippen molar-refractivity contribution in [3.63, 3.8) is 0 Å². The van der Waals surface area contributed by atoms with E-state index in [1.54, 1.807) is 24.3 Å². The van der Waals surface area contributed by atoms with Gasteiger partial charge in [0.15, 0.2) is 0 Å². The van der Waals surface area contributed by atoms with Gasteiger partial charge < -0.3 is 9.72 Å². The molecule has 0 fully saturated rings. The maximum atomic E-state index is 12.8. The molecule has 1 heterocycles. The summed E-state index contributed by atoms with van der Waals surface area (Å²) in [5.74, 6) is -1.02. The zero-order valence-corrected chi connectivity index (χ0v) is 19.0. The van der Waals surface area contributed by atoms with Crippen LogP contribution >= 0.6 is 0 Å². The van der Waals surface area contributed by atoms with Crippen molar-refractivity contribution < 1.29 is 22.7 Å². The summed E-state index contributed by atoms with van der Waals surface area (Å²) in [5.41, 5.74) is 4.33. The van der Waals surface area contributed by atoms with Crippen molar-refractivity contribution in [2.24, 2.45) is 0 Å². The SMILES string of the molecule is COC(=O)CCS(=O)(=O)Nc1ccc(C(C)c2cc(C)c(C(=O)c3ccccc3)[nH]2)cc1. The molecule has 2 aromatic carbocycles. The maximum Gasteiger partial charge on any atom is 0.306 e. The molecular formula is C24H26N2O5S. The van der Waals surface area contributed by atoms with Gasteiger partial charge in [-0.05, 0) is 36.2 Å². The molecule has 2 N–H and O–H groups in total. The van der Waals surface area contributed by atoms with Gasteiger partial charge in [0.05, 0.1) is 25.0 Å². The molecule has 0 aliphatic heterocycles. The average Bonchev–Trinajstić information content (AvgIpc) is 3.19. The van der Waals surface area contributed by atoms with Gasteiger partial charge in [0.2, 0.25) is 15.8 Å². The molecule has 0 spiro atoms. The summed E-state index contributed by atoms with van der Waals surface area (Å²) in [6.45, 7) is 3.91. The Balaban J connectivity index is 1.72. The van der Waals surface area contributed by atoms with Crippen LogP contribution in [0.1, 0.15) is 52.1 Å². The number of anilines is 1. The fourth-order valence-electron chi connectivity index (χ4n) is 3.36. The number of esters is 1. The first kappa shape index (κ1) is 23.3. The first-order valence-corrected chi connectivity index (χ1v) is 11.8. The van der Waals surface area contributed by atoms with Crippen LogP contribution in [-0.2, 0) is 19.6 Å². The molecule has 0 aliphatic rings. The fraction of sp³-hybridized carbons (Fsp3) is 0.250. The number of ketones is 1. The number of aryl methyl sites for hydroxylation is 1. The van der Waals surface area contributed by atoms with Crippen LogP contribution in [0.15, 0.2) is 60.7 Å². The number of methoxy groups -OCH3 is 1. The molecule has 1 unspecified atom stereocenters. The quantitative estimate of drug-likeness (QED) is 0.375. The summed E-state index contributed by atoms with van der Waals surface area (Å²) in [4.78, 5) is 27.2. The van der Waals surface area contributed by atoms with Crippen molar-refractivity contribution in [1.82, 2.24) is 4.98 Å². The lowest BCUT2D eigenvalue weighted by Gasteiger charge is -2.12. The van der Waals surface area contributed by atoms with Crippen molar-refractivity contribution in [3.05, 3.63) is 88.7 Å². The number of sulfonamides is 1. The highest BCUT2D eigenvalue weighted by atomic mass is 32.2. The Morgan fingerprint density at radius 3 is 2.34 bits per heavy atom. The third kappa shape index (κ3) is 5.64. The molecule has 0 radical (unpaired) electrons. The highest BCUT2D eigenvalue weighted by Gasteiger charge is 2.19. The smallest absolute Gasteiger partial charge is 0.306 e. The number of ether oxygens (including phenoxy) is 1. The molecule has 3 rings (SSSR count). The number of nitrogens with one attached hydrogen (secondary N) is 2. The summed E-state index contributed by atoms with van der Waals surface area (Å²) < 4.78 is 31.2. The van der Waals surface area contributed by atoms with E-state index < -0.39 is 16.0 Å². The highest BCUT2D eigenvalue weighted by Crippen LogP contribution is 2.27. The Morgan fingerprint density at radius 2 is 1.72 bits per heavy atom. The van der Waals surface area contributed by atoms with E-state index in [0.29, 0.717) is 16.9 Å². The monoisotopic (exact) mass is 454 g/mol. The van der Waals surface area contributed by atoms with Crippen LogP contribution in [0.2, 0.25) is 0 Å². The number of rotatable bonds is 9. The fourth-order valence-corrected chi connectivity index (χ4v) is 4.39. The lowest BCUT2D eigenvalue weighted by molar-refractivity contribution is -0.140. The minimum absolute atomic E-state index is 0.0315. The van der Waals surface area contributed by atoms with E-state index in [1.165, 1.54) is 7.11 Å². The van der Waals surface area contributed by atoms with Gasteiger partial charge in [0.25, 0.3) is 0 Å². The lowest BCUT2D eigenvalue weighted by Crippen LogP contribution is -2.19. The van der Waals surface area contributed by atoms with Gasteiger partial charge in [0, 0.05) is 22.9 Å². The molecule has 3 aromatic rings. The molecule has 8 heteroatoms. The van der Waals surface area contributed by atoms with Gasteiger partial charge in [-0.1, -0.05) is 49.4 Å². The van der Waals surface area contributed by atoms with Crippen LogP contribution in [0.4, 0.5) is 5.69 Å². The first-order valence-electron chi connectivity index (χ1n) is 10.2. The van der Waals surface area contributed by atoms with Crippen LogP contribution < -0.4 is 4.72 Å². The Bertz CT molecular complexity index is 1200. The summed E-state index contributed by atoms with van der Waals surface area (Å²) in [7, 11) is -2.44. The van der Waals surface area contributed by atoms with Crippen molar-refractivity contribution in [2.75, 3.05) is 17.6 Å². The standard InChI is InChI=1S/C24H26N2O5S/c1-16-15-21(25-23(16)24(28)19-7-5-4-6-8-19)17(2)18-9-11-20(12-10-18)26-32(29,30)14-13-22(27)31-3/h4-12,15,17,25-26H,13-14H2,1-3H3. The van der Waals surface area contributed by atoms with E-state index in [1.807, 2.05) is 50.2 Å². The van der Waals surface area contributed by atoms with Crippen molar-refractivity contribution in [1.29, 1.82) is 0 Å². The molecule has 32 heavy (non-hydrogen) atoms. The Kier molecular flexibility index (Phi) is 7.15. The Morgan fingerprint density at radius 1 is 1.06 bits per heavy atom. The predicted molar refractivity (Wildman–Crippen MR) is 123 cm³/mol. The number of H-pyrrole nitrogens is 1. The number of carbonyl (C=O) groups excluding carboxylic acids is 2. The lowest BCUT2D eigenvalue weighted by atomic mass is 9.97. The number of hydrogen-bond acceptors (Lipinski definition) is 5. The van der Waals surface area contributed by atoms with Crippen molar-refractivity contribution in [2.45, 2.75) is 26.2 Å². The van der Waals surface area contributed by atoms with E-state index in [-0.39, 0.29) is 23.9 Å². The number of benzene rings is 2. The van der Waals surface area contributed by atoms with Gasteiger partial charge >= 0.3 is 5.97 Å². The van der Waals surface area contributed by atoms with E-state index in [4.69, 9.17) is 0 Å². The molecule has 1 aromatic heterocycles. The average molecular weight is 455 g/mol. The molecule has 0 saturated heterocycles. The van der Waals surface area contributed by atoms with E-state index in [9.17, 15) is 18.0 Å². The largest absolute Gasteiger partial charge is 0.469 e. The third-order valence-electron chi connectivity index (χ3n) is 5.25. The molecule has 0 bridgehead atoms. The number of hydrogen-bond donors (Lipinski definition) is 2. The number of aromatic nitrogens is 1. The number of aromatic amines is 1. The second kappa shape index (κ2) is 9.82. The van der Waals surface area contributed by atoms with Crippen LogP contribution in [0.5, 0.6) is 0 Å². The predicted octanol–water partition coefficient (Wildman–Crippen LogP) is 4.01. The van der Waals surface area contributed by atoms with Gasteiger partial charge in [-0.15, -0.1) is 0 Å². The second-order valence-electron chi connectivity index (χ2n) is 7.57. The van der Waals surface area contributed by atoms with Crippen molar-refractivity contribution in [3.8, 4) is 0 Å². The summed E-state index contributed by atoms with van der Waals surface area (Å²) >= 11 is 0. The molecule has 168 valence electrons. The Labute approximate surface area is 187 Å². The van der Waals surface area contributed by atoms with Gasteiger partial charge in [-0.25, -0.2) is 8.42 Å². The molecular weight excluding hydrogens is 428 g/mol. The van der Waals surface area contributed by atoms with Crippen LogP contribution in [0, 0.1) is 6.92 Å². The van der Waals surface area contributed by atoms with Crippen LogP contribution in [-0.4, -0.2) is 38.0 Å². The second-order valence-corrected chi connectivity index (χ2v) is 9.41. The third-order valence-corrected chi connectivity index (χ3v) is 6.54.